The van der Waals surface area contributed by atoms with Crippen LogP contribution >= 0.6 is 0 Å². The third-order valence-electron chi connectivity index (χ3n) is 8.05. The zero-order valence-electron chi connectivity index (χ0n) is 18.3. The molecule has 164 valence electrons. The summed E-state index contributed by atoms with van der Waals surface area (Å²) >= 11 is 0. The second kappa shape index (κ2) is 11.3. The molecular formula is C25H40FNO2. The molecule has 0 radical (unpaired) electrons. The Hall–Kier alpha value is -1.11. The lowest BCUT2D eigenvalue weighted by molar-refractivity contribution is -0.158. The predicted molar refractivity (Wildman–Crippen MR) is 113 cm³/mol. The summed E-state index contributed by atoms with van der Waals surface area (Å²) in [4.78, 5) is 12.6. The van der Waals surface area contributed by atoms with Crippen LogP contribution in [0.4, 0.5) is 4.39 Å². The van der Waals surface area contributed by atoms with Gasteiger partial charge in [0.2, 0.25) is 0 Å². The molecule has 3 aliphatic carbocycles. The molecule has 0 aliphatic heterocycles. The zero-order valence-corrected chi connectivity index (χ0v) is 18.3. The number of ether oxygens (including phenoxy) is 1. The number of rotatable bonds is 7. The molecule has 3 saturated carbocycles. The van der Waals surface area contributed by atoms with Gasteiger partial charge in [-0.3, -0.25) is 4.79 Å². The second-order valence-electron chi connectivity index (χ2n) is 10.0. The number of carbonyl (C=O) groups is 1. The first kappa shape index (κ1) is 22.6. The van der Waals surface area contributed by atoms with E-state index in [9.17, 15) is 9.18 Å². The highest BCUT2D eigenvalue weighted by Gasteiger charge is 2.36. The van der Waals surface area contributed by atoms with Crippen LogP contribution in [0, 0.1) is 40.9 Å². The molecule has 3 fully saturated rings. The molecule has 0 aromatic carbocycles. The van der Waals surface area contributed by atoms with E-state index in [1.54, 1.807) is 0 Å². The molecule has 0 spiro atoms. The lowest BCUT2D eigenvalue weighted by Crippen LogP contribution is -2.35. The number of alkyl halides is 1. The van der Waals surface area contributed by atoms with E-state index < -0.39 is 12.1 Å². The maximum Gasteiger partial charge on any atom is 0.309 e. The van der Waals surface area contributed by atoms with Crippen LogP contribution in [0.1, 0.15) is 103 Å². The number of unbranched alkanes of at least 4 members (excludes halogenated alkanes) is 2. The van der Waals surface area contributed by atoms with Gasteiger partial charge in [-0.25, -0.2) is 4.39 Å². The summed E-state index contributed by atoms with van der Waals surface area (Å²) in [7, 11) is 0. The number of esters is 1. The lowest BCUT2D eigenvalue weighted by atomic mass is 9.68. The molecular weight excluding hydrogens is 365 g/mol. The third kappa shape index (κ3) is 6.43. The maximum absolute atomic E-state index is 13.9. The van der Waals surface area contributed by atoms with Crippen LogP contribution in [0.5, 0.6) is 0 Å². The van der Waals surface area contributed by atoms with Gasteiger partial charge in [0.05, 0.1) is 17.9 Å². The van der Waals surface area contributed by atoms with E-state index in [-0.39, 0.29) is 24.4 Å². The summed E-state index contributed by atoms with van der Waals surface area (Å²) in [6.07, 6.45) is 15.1. The van der Waals surface area contributed by atoms with E-state index in [0.29, 0.717) is 12.8 Å². The molecule has 0 N–H and O–H groups in total. The summed E-state index contributed by atoms with van der Waals surface area (Å²) in [5.74, 6) is 1.97. The zero-order chi connectivity index (χ0) is 20.6. The highest BCUT2D eigenvalue weighted by molar-refractivity contribution is 5.72. The van der Waals surface area contributed by atoms with E-state index in [1.807, 2.05) is 6.07 Å². The first-order chi connectivity index (χ1) is 14.1. The van der Waals surface area contributed by atoms with Gasteiger partial charge in [-0.2, -0.15) is 5.26 Å². The number of hydrogen-bond donors (Lipinski definition) is 0. The summed E-state index contributed by atoms with van der Waals surface area (Å²) in [5.41, 5.74) is 0. The average molecular weight is 406 g/mol. The molecule has 0 bridgehead atoms. The Morgan fingerprint density at radius 1 is 0.966 bits per heavy atom. The van der Waals surface area contributed by atoms with Crippen molar-refractivity contribution in [1.82, 2.24) is 0 Å². The highest BCUT2D eigenvalue weighted by atomic mass is 19.1. The van der Waals surface area contributed by atoms with Crippen LogP contribution in [0.2, 0.25) is 0 Å². The van der Waals surface area contributed by atoms with Gasteiger partial charge >= 0.3 is 5.97 Å². The van der Waals surface area contributed by atoms with Crippen LogP contribution in [0.3, 0.4) is 0 Å². The summed E-state index contributed by atoms with van der Waals surface area (Å²) in [5, 5.41) is 8.93. The van der Waals surface area contributed by atoms with Crippen LogP contribution < -0.4 is 0 Å². The summed E-state index contributed by atoms with van der Waals surface area (Å²) in [6, 6.07) is 2.03. The fraction of sp³-hybridized carbons (Fsp3) is 0.920. The molecule has 3 nitrogen and oxygen atoms in total. The Labute approximate surface area is 176 Å². The van der Waals surface area contributed by atoms with Crippen molar-refractivity contribution in [3.8, 4) is 6.07 Å². The summed E-state index contributed by atoms with van der Waals surface area (Å²) < 4.78 is 19.6. The Bertz CT molecular complexity index is 544. The highest BCUT2D eigenvalue weighted by Crippen LogP contribution is 2.42. The first-order valence-corrected chi connectivity index (χ1v) is 12.3. The first-order valence-electron chi connectivity index (χ1n) is 12.3. The molecule has 0 aromatic rings. The molecule has 3 unspecified atom stereocenters. The molecule has 0 aromatic heterocycles. The van der Waals surface area contributed by atoms with E-state index in [1.165, 1.54) is 51.4 Å². The van der Waals surface area contributed by atoms with Gasteiger partial charge in [-0.1, -0.05) is 45.4 Å². The van der Waals surface area contributed by atoms with Gasteiger partial charge in [-0.05, 0) is 69.1 Å². The second-order valence-corrected chi connectivity index (χ2v) is 10.0. The number of halogens is 1. The van der Waals surface area contributed by atoms with Crippen molar-refractivity contribution in [1.29, 1.82) is 5.26 Å². The smallest absolute Gasteiger partial charge is 0.309 e. The fourth-order valence-electron chi connectivity index (χ4n) is 6.05. The van der Waals surface area contributed by atoms with Gasteiger partial charge in [0.15, 0.2) is 0 Å². The fourth-order valence-corrected chi connectivity index (χ4v) is 6.05. The quantitative estimate of drug-likeness (QED) is 0.347. The molecule has 3 rings (SSSR count). The largest absolute Gasteiger partial charge is 0.462 e. The van der Waals surface area contributed by atoms with E-state index in [0.717, 1.165) is 43.4 Å². The van der Waals surface area contributed by atoms with Crippen LogP contribution in [-0.4, -0.2) is 18.2 Å². The van der Waals surface area contributed by atoms with Gasteiger partial charge < -0.3 is 4.74 Å². The van der Waals surface area contributed by atoms with Crippen molar-refractivity contribution < 1.29 is 13.9 Å². The topological polar surface area (TPSA) is 50.1 Å². The number of nitriles is 1. The Kier molecular flexibility index (Phi) is 8.82. The molecule has 29 heavy (non-hydrogen) atoms. The van der Waals surface area contributed by atoms with Gasteiger partial charge in [0, 0.05) is 6.42 Å². The Morgan fingerprint density at radius 2 is 1.62 bits per heavy atom. The molecule has 3 aliphatic rings. The predicted octanol–water partition coefficient (Wildman–Crippen LogP) is 6.75. The van der Waals surface area contributed by atoms with Crippen molar-refractivity contribution in [3.05, 3.63) is 0 Å². The van der Waals surface area contributed by atoms with Crippen molar-refractivity contribution in [2.24, 2.45) is 29.6 Å². The maximum atomic E-state index is 13.9. The third-order valence-corrected chi connectivity index (χ3v) is 8.05. The van der Waals surface area contributed by atoms with Crippen molar-refractivity contribution in [2.45, 2.75) is 116 Å². The molecule has 3 atom stereocenters. The standard InChI is InChI=1S/C25H40FNO2/c1-2-3-4-5-18-6-8-19(9-7-18)20-10-12-21(13-11-20)25(28)29-23-15-14-22(17-27)24(26)16-23/h18-24H,2-16H2,1H3. The van der Waals surface area contributed by atoms with Crippen LogP contribution in [0.25, 0.3) is 0 Å². The summed E-state index contributed by atoms with van der Waals surface area (Å²) in [6.45, 7) is 2.28. The molecule has 0 heterocycles. The van der Waals surface area contributed by atoms with Crippen molar-refractivity contribution in [2.75, 3.05) is 0 Å². The van der Waals surface area contributed by atoms with Gasteiger partial charge in [-0.15, -0.1) is 0 Å². The minimum atomic E-state index is -1.15. The Balaban J connectivity index is 1.34. The SMILES string of the molecule is CCCCCC1CCC(C2CCC(C(=O)OC3CCC(C#N)C(F)C3)CC2)CC1. The number of nitrogens with zero attached hydrogens (tertiary/aromatic N) is 1. The number of carbonyl (C=O) groups excluding carboxylic acids is 1. The van der Waals surface area contributed by atoms with Crippen molar-refractivity contribution in [3.63, 3.8) is 0 Å². The van der Waals surface area contributed by atoms with E-state index in [4.69, 9.17) is 10.00 Å². The van der Waals surface area contributed by atoms with Crippen LogP contribution in [0.15, 0.2) is 0 Å². The molecule has 4 heteroatoms. The molecule has 0 saturated heterocycles. The van der Waals surface area contributed by atoms with Crippen LogP contribution in [-0.2, 0) is 9.53 Å². The lowest BCUT2D eigenvalue weighted by Gasteiger charge is -2.38. The Morgan fingerprint density at radius 3 is 2.21 bits per heavy atom. The number of hydrogen-bond acceptors (Lipinski definition) is 3. The van der Waals surface area contributed by atoms with E-state index >= 15 is 0 Å². The van der Waals surface area contributed by atoms with Gasteiger partial charge in [0.1, 0.15) is 12.3 Å². The van der Waals surface area contributed by atoms with Crippen molar-refractivity contribution >= 4 is 5.97 Å². The van der Waals surface area contributed by atoms with Gasteiger partial charge in [0.25, 0.3) is 0 Å². The minimum absolute atomic E-state index is 0.00313. The average Bonchev–Trinajstić information content (AvgIpc) is 2.75. The normalized spacial score (nSPS) is 38.2. The van der Waals surface area contributed by atoms with E-state index in [2.05, 4.69) is 6.92 Å². The molecule has 0 amide bonds. The monoisotopic (exact) mass is 405 g/mol. The minimum Gasteiger partial charge on any atom is -0.462 e.